The van der Waals surface area contributed by atoms with E-state index in [1.54, 1.807) is 0 Å². The Morgan fingerprint density at radius 3 is 2.38 bits per heavy atom. The second kappa shape index (κ2) is 4.56. The summed E-state index contributed by atoms with van der Waals surface area (Å²) in [6.45, 7) is 2.64. The Balaban J connectivity index is 0.000000963. The number of ketones is 1. The third-order valence-electron chi connectivity index (χ3n) is 5.26. The molecule has 2 aliphatic carbocycles. The molecular weight excluding hydrogens is 313 g/mol. The molecule has 1 heterocycles. The van der Waals surface area contributed by atoms with Gasteiger partial charge in [0.25, 0.3) is 0 Å². The van der Waals surface area contributed by atoms with Crippen LogP contribution in [0, 0.1) is 11.8 Å². The summed E-state index contributed by atoms with van der Waals surface area (Å²) in [7, 11) is 2.39. The van der Waals surface area contributed by atoms with Gasteiger partial charge in [-0.05, 0) is 19.3 Å². The average Bonchev–Trinajstić information content (AvgIpc) is 2.72. The summed E-state index contributed by atoms with van der Waals surface area (Å²) in [6.07, 6.45) is 7.64. The van der Waals surface area contributed by atoms with Crippen LogP contribution in [0.15, 0.2) is 0 Å². The van der Waals surface area contributed by atoms with Gasteiger partial charge in [0.1, 0.15) is 5.78 Å². The largest absolute Gasteiger partial charge is 1.00 e. The monoisotopic (exact) mass is 335 g/mol. The number of quaternary nitrogens is 1. The fraction of sp³-hybridized carbons (Fsp3) is 0.923. The van der Waals surface area contributed by atoms with Gasteiger partial charge in [0.2, 0.25) is 0 Å². The molecule has 0 aromatic carbocycles. The lowest BCUT2D eigenvalue weighted by atomic mass is 9.82. The number of carbonyl (C=O) groups is 1. The van der Waals surface area contributed by atoms with Crippen LogP contribution in [0.4, 0.5) is 0 Å². The van der Waals surface area contributed by atoms with E-state index >= 15 is 0 Å². The smallest absolute Gasteiger partial charge is 0.144 e. The van der Waals surface area contributed by atoms with E-state index in [9.17, 15) is 4.79 Å². The third kappa shape index (κ3) is 1.84. The zero-order valence-corrected chi connectivity index (χ0v) is 12.3. The van der Waals surface area contributed by atoms with E-state index in [0.29, 0.717) is 23.7 Å². The molecule has 0 radical (unpaired) electrons. The Hall–Kier alpha value is 0.360. The van der Waals surface area contributed by atoms with E-state index in [1.165, 1.54) is 56.1 Å². The molecule has 2 nitrogen and oxygen atoms in total. The predicted molar refractivity (Wildman–Crippen MR) is 59.4 cm³/mol. The number of fused-ring (bicyclic) bond motifs is 2. The standard InChI is InChI=1S/C13H22NO.HI/c1-14(8-2-3-9-14)12-7-5-10-4-6-11(12)13(10)15;/h10-12H,2-9H2,1H3;1H/q+1;/p-1. The van der Waals surface area contributed by atoms with Crippen molar-refractivity contribution in [1.29, 1.82) is 0 Å². The van der Waals surface area contributed by atoms with Crippen molar-refractivity contribution < 1.29 is 33.3 Å². The summed E-state index contributed by atoms with van der Waals surface area (Å²) in [6, 6.07) is 0.679. The van der Waals surface area contributed by atoms with Gasteiger partial charge in [-0.1, -0.05) is 0 Å². The summed E-state index contributed by atoms with van der Waals surface area (Å²) < 4.78 is 1.21. The molecule has 92 valence electrons. The molecule has 2 bridgehead atoms. The maximum Gasteiger partial charge on any atom is 0.144 e. The lowest BCUT2D eigenvalue weighted by molar-refractivity contribution is -0.925. The topological polar surface area (TPSA) is 17.1 Å². The number of rotatable bonds is 1. The average molecular weight is 335 g/mol. The lowest BCUT2D eigenvalue weighted by Crippen LogP contribution is -3.00. The van der Waals surface area contributed by atoms with Gasteiger partial charge in [0.05, 0.1) is 32.1 Å². The van der Waals surface area contributed by atoms with Gasteiger partial charge in [-0.2, -0.15) is 0 Å². The number of hydrogen-bond donors (Lipinski definition) is 0. The minimum atomic E-state index is 0. The number of halogens is 1. The molecule has 1 aliphatic heterocycles. The van der Waals surface area contributed by atoms with Crippen LogP contribution in [-0.4, -0.2) is 36.4 Å². The number of Topliss-reactive ketones (excluding diaryl/α,β-unsaturated/α-hetero) is 1. The Labute approximate surface area is 115 Å². The van der Waals surface area contributed by atoms with Crippen LogP contribution >= 0.6 is 0 Å². The first-order valence-corrected chi connectivity index (χ1v) is 6.59. The second-order valence-electron chi connectivity index (χ2n) is 6.06. The maximum absolute atomic E-state index is 12.1. The summed E-state index contributed by atoms with van der Waals surface area (Å²) >= 11 is 0. The van der Waals surface area contributed by atoms with E-state index in [4.69, 9.17) is 0 Å². The van der Waals surface area contributed by atoms with Gasteiger partial charge in [-0.25, -0.2) is 0 Å². The molecular formula is C13H22INO. The van der Waals surface area contributed by atoms with E-state index in [2.05, 4.69) is 7.05 Å². The van der Waals surface area contributed by atoms with Crippen LogP contribution in [0.2, 0.25) is 0 Å². The highest BCUT2D eigenvalue weighted by molar-refractivity contribution is 5.86. The van der Waals surface area contributed by atoms with Crippen LogP contribution in [0.5, 0.6) is 0 Å². The van der Waals surface area contributed by atoms with Gasteiger partial charge in [-0.15, -0.1) is 0 Å². The Kier molecular flexibility index (Phi) is 3.65. The van der Waals surface area contributed by atoms with Crippen molar-refractivity contribution in [1.82, 2.24) is 0 Å². The summed E-state index contributed by atoms with van der Waals surface area (Å²) in [5.74, 6) is 1.52. The Bertz CT molecular complexity index is 286. The molecule has 3 aliphatic rings. The first kappa shape index (κ1) is 12.8. The zero-order valence-electron chi connectivity index (χ0n) is 10.1. The molecule has 3 atom stereocenters. The van der Waals surface area contributed by atoms with Gasteiger partial charge in [0, 0.05) is 25.2 Å². The Morgan fingerprint density at radius 2 is 1.69 bits per heavy atom. The quantitative estimate of drug-likeness (QED) is 0.443. The van der Waals surface area contributed by atoms with E-state index in [0.717, 1.165) is 0 Å². The zero-order chi connectivity index (χ0) is 10.5. The first-order chi connectivity index (χ1) is 7.21. The van der Waals surface area contributed by atoms with Crippen molar-refractivity contribution in [2.75, 3.05) is 20.1 Å². The number of carbonyl (C=O) groups excluding carboxylic acids is 1. The first-order valence-electron chi connectivity index (χ1n) is 6.59. The van der Waals surface area contributed by atoms with Crippen molar-refractivity contribution in [2.24, 2.45) is 11.8 Å². The summed E-state index contributed by atoms with van der Waals surface area (Å²) in [5, 5.41) is 0. The van der Waals surface area contributed by atoms with Crippen LogP contribution in [0.3, 0.4) is 0 Å². The highest BCUT2D eigenvalue weighted by Gasteiger charge is 2.51. The number of likely N-dealkylation sites (tertiary alicyclic amines) is 1. The van der Waals surface area contributed by atoms with Gasteiger partial charge >= 0.3 is 0 Å². The fourth-order valence-corrected chi connectivity index (χ4v) is 4.35. The van der Waals surface area contributed by atoms with Gasteiger partial charge in [-0.3, -0.25) is 4.79 Å². The second-order valence-corrected chi connectivity index (χ2v) is 6.06. The molecule has 16 heavy (non-hydrogen) atoms. The normalized spacial score (nSPS) is 40.8. The molecule has 1 saturated heterocycles. The molecule has 3 heteroatoms. The van der Waals surface area contributed by atoms with Crippen molar-refractivity contribution in [3.63, 3.8) is 0 Å². The minimum absolute atomic E-state index is 0. The highest BCUT2D eigenvalue weighted by Crippen LogP contribution is 2.44. The summed E-state index contributed by atoms with van der Waals surface area (Å²) in [5.41, 5.74) is 0. The molecule has 3 rings (SSSR count). The highest BCUT2D eigenvalue weighted by atomic mass is 127. The molecule has 0 amide bonds. The molecule has 3 fully saturated rings. The van der Waals surface area contributed by atoms with Crippen LogP contribution in [0.1, 0.15) is 38.5 Å². The maximum atomic E-state index is 12.1. The van der Waals surface area contributed by atoms with Gasteiger partial charge in [0.15, 0.2) is 0 Å². The van der Waals surface area contributed by atoms with E-state index in [-0.39, 0.29) is 24.0 Å². The van der Waals surface area contributed by atoms with Crippen LogP contribution in [0.25, 0.3) is 0 Å². The molecule has 0 spiro atoms. The van der Waals surface area contributed by atoms with Crippen molar-refractivity contribution in [3.05, 3.63) is 0 Å². The molecule has 0 aromatic rings. The van der Waals surface area contributed by atoms with Crippen LogP contribution < -0.4 is 24.0 Å². The summed E-state index contributed by atoms with van der Waals surface area (Å²) in [4.78, 5) is 12.1. The van der Waals surface area contributed by atoms with E-state index < -0.39 is 0 Å². The minimum Gasteiger partial charge on any atom is -1.00 e. The predicted octanol–water partition coefficient (Wildman–Crippen LogP) is -1.01. The Morgan fingerprint density at radius 1 is 1.06 bits per heavy atom. The van der Waals surface area contributed by atoms with Crippen molar-refractivity contribution in [3.8, 4) is 0 Å². The molecule has 3 unspecified atom stereocenters. The lowest BCUT2D eigenvalue weighted by Gasteiger charge is -2.42. The number of hydrogen-bond acceptors (Lipinski definition) is 1. The number of nitrogens with zero attached hydrogens (tertiary/aromatic N) is 1. The van der Waals surface area contributed by atoms with Crippen LogP contribution in [-0.2, 0) is 4.79 Å². The fourth-order valence-electron chi connectivity index (χ4n) is 4.35. The van der Waals surface area contributed by atoms with Crippen molar-refractivity contribution in [2.45, 2.75) is 44.6 Å². The van der Waals surface area contributed by atoms with E-state index in [1.807, 2.05) is 0 Å². The molecule has 0 N–H and O–H groups in total. The molecule has 0 aromatic heterocycles. The third-order valence-corrected chi connectivity index (χ3v) is 5.26. The van der Waals surface area contributed by atoms with Crippen molar-refractivity contribution >= 4 is 5.78 Å². The molecule has 2 saturated carbocycles. The SMILES string of the molecule is C[N+]1(C2CCC3CCC2C3=O)CCCC1.[I-]. The van der Waals surface area contributed by atoms with Gasteiger partial charge < -0.3 is 28.5 Å².